The molecule has 4 heterocycles. The molecule has 3 aliphatic heterocycles. The van der Waals surface area contributed by atoms with E-state index in [-0.39, 0.29) is 28.2 Å². The average Bonchev–Trinajstić information content (AvgIpc) is 3.76. The summed E-state index contributed by atoms with van der Waals surface area (Å²) in [5.74, 6) is -0.703. The zero-order valence-electron chi connectivity index (χ0n) is 26.6. The zero-order valence-corrected chi connectivity index (χ0v) is 28.2. The molecule has 3 aromatic carbocycles. The summed E-state index contributed by atoms with van der Waals surface area (Å²) in [5.41, 5.74) is 2.08. The number of hydrogen-bond acceptors (Lipinski definition) is 10. The lowest BCUT2D eigenvalue weighted by molar-refractivity contribution is -0.136. The number of amidine groups is 1. The molecular weight excluding hydrogens is 687 g/mol. The first-order valence-electron chi connectivity index (χ1n) is 15.6. The van der Waals surface area contributed by atoms with Gasteiger partial charge in [0.1, 0.15) is 23.4 Å². The van der Waals surface area contributed by atoms with Gasteiger partial charge in [-0.05, 0) is 48.5 Å². The van der Waals surface area contributed by atoms with E-state index < -0.39 is 23.8 Å². The molecule has 15 heteroatoms. The fraction of sp³-hybridized carbons (Fsp3) is 0.229. The van der Waals surface area contributed by atoms with Crippen molar-refractivity contribution in [3.63, 3.8) is 0 Å². The molecule has 1 unspecified atom stereocenters. The van der Waals surface area contributed by atoms with Crippen molar-refractivity contribution >= 4 is 52.4 Å². The van der Waals surface area contributed by atoms with Crippen molar-refractivity contribution in [1.82, 2.24) is 20.1 Å². The van der Waals surface area contributed by atoms with Crippen molar-refractivity contribution < 1.29 is 33.4 Å². The third-order valence-corrected chi connectivity index (χ3v) is 9.82. The van der Waals surface area contributed by atoms with Gasteiger partial charge in [-0.2, -0.15) is 0 Å². The van der Waals surface area contributed by atoms with Crippen LogP contribution in [0, 0.1) is 5.82 Å². The Hall–Kier alpha value is -5.31. The standard InChI is InChI=1S/C35H30ClFN6O6S/c1-48-34(46)29-28(39-31(32-38-11-14-50-32)40-30(29)26-10-7-21(37)15-27(26)36)19-41-12-13-42-23(17-41)18-43(35(42)47)22-3-2-4-25(16-22)49-24-8-5-20(6-9-24)33(44)45/h2-11,14-16,23,30H,12-13,17-19H2,1H3,(H,39,40)(H,44,45)/t23-,30?/m0/s1. The number of benzene rings is 3. The second kappa shape index (κ2) is 13.9. The van der Waals surface area contributed by atoms with Crippen LogP contribution in [0.4, 0.5) is 14.9 Å². The lowest BCUT2D eigenvalue weighted by Crippen LogP contribution is -2.53. The first kappa shape index (κ1) is 33.2. The van der Waals surface area contributed by atoms with Gasteiger partial charge in [0, 0.05) is 72.3 Å². The van der Waals surface area contributed by atoms with E-state index in [0.717, 1.165) is 0 Å². The van der Waals surface area contributed by atoms with Crippen molar-refractivity contribution in [2.24, 2.45) is 4.99 Å². The zero-order chi connectivity index (χ0) is 34.9. The number of aromatic carboxylic acids is 1. The average molecular weight is 717 g/mol. The molecule has 0 aliphatic carbocycles. The van der Waals surface area contributed by atoms with Crippen LogP contribution in [0.15, 0.2) is 94.6 Å². The van der Waals surface area contributed by atoms with Crippen molar-refractivity contribution in [2.45, 2.75) is 12.1 Å². The third-order valence-electron chi connectivity index (χ3n) is 8.71. The third kappa shape index (κ3) is 6.64. The number of anilines is 1. The van der Waals surface area contributed by atoms with Crippen molar-refractivity contribution in [3.05, 3.63) is 117 Å². The van der Waals surface area contributed by atoms with Gasteiger partial charge in [0.2, 0.25) is 0 Å². The van der Waals surface area contributed by atoms with Crippen LogP contribution in [-0.4, -0.2) is 89.6 Å². The van der Waals surface area contributed by atoms with Gasteiger partial charge in [-0.15, -0.1) is 11.3 Å². The van der Waals surface area contributed by atoms with E-state index in [4.69, 9.17) is 31.2 Å². The van der Waals surface area contributed by atoms with Crippen LogP contribution in [0.25, 0.3) is 0 Å². The number of amides is 2. The molecule has 0 radical (unpaired) electrons. The summed E-state index contributed by atoms with van der Waals surface area (Å²) in [6.45, 7) is 2.28. The molecule has 0 saturated carbocycles. The Morgan fingerprint density at radius 1 is 1.08 bits per heavy atom. The molecule has 50 heavy (non-hydrogen) atoms. The number of thiazole rings is 1. The minimum absolute atomic E-state index is 0.118. The Labute approximate surface area is 295 Å². The molecule has 7 rings (SSSR count). The largest absolute Gasteiger partial charge is 0.478 e. The van der Waals surface area contributed by atoms with Gasteiger partial charge in [-0.25, -0.2) is 23.8 Å². The van der Waals surface area contributed by atoms with E-state index in [1.165, 1.54) is 48.8 Å². The first-order valence-corrected chi connectivity index (χ1v) is 16.9. The second-order valence-electron chi connectivity index (χ2n) is 11.8. The Morgan fingerprint density at radius 2 is 1.90 bits per heavy atom. The van der Waals surface area contributed by atoms with Crippen molar-refractivity contribution in [2.75, 3.05) is 44.7 Å². The van der Waals surface area contributed by atoms with E-state index in [2.05, 4.69) is 15.2 Å². The number of ether oxygens (including phenoxy) is 2. The molecule has 0 spiro atoms. The number of carbonyl (C=O) groups excluding carboxylic acids is 2. The number of fused-ring (bicyclic) bond motifs is 1. The predicted molar refractivity (Wildman–Crippen MR) is 185 cm³/mol. The van der Waals surface area contributed by atoms with Crippen LogP contribution in [-0.2, 0) is 9.53 Å². The van der Waals surface area contributed by atoms with Crippen molar-refractivity contribution in [1.29, 1.82) is 0 Å². The summed E-state index contributed by atoms with van der Waals surface area (Å²) in [6.07, 6.45) is 1.66. The van der Waals surface area contributed by atoms with E-state index >= 15 is 0 Å². The number of methoxy groups -OCH3 is 1. The van der Waals surface area contributed by atoms with Crippen LogP contribution in [0.2, 0.25) is 5.02 Å². The summed E-state index contributed by atoms with van der Waals surface area (Å²) in [7, 11) is 1.29. The molecular formula is C35H30ClFN6O6S. The van der Waals surface area contributed by atoms with Gasteiger partial charge in [0.05, 0.1) is 24.3 Å². The molecule has 4 aromatic rings. The van der Waals surface area contributed by atoms with Gasteiger partial charge >= 0.3 is 18.0 Å². The summed E-state index contributed by atoms with van der Waals surface area (Å²) >= 11 is 7.88. The Morgan fingerprint density at radius 3 is 2.62 bits per heavy atom. The van der Waals surface area contributed by atoms with Gasteiger partial charge in [-0.3, -0.25) is 14.8 Å². The number of aromatic nitrogens is 1. The summed E-state index contributed by atoms with van der Waals surface area (Å²) in [4.78, 5) is 53.1. The van der Waals surface area contributed by atoms with Crippen LogP contribution >= 0.6 is 22.9 Å². The molecule has 2 atom stereocenters. The fourth-order valence-electron chi connectivity index (χ4n) is 6.34. The number of rotatable bonds is 9. The van der Waals surface area contributed by atoms with Gasteiger partial charge in [0.15, 0.2) is 10.8 Å². The number of carboxylic acid groups (broad SMARTS) is 1. The normalized spacial score (nSPS) is 19.2. The number of carbonyl (C=O) groups is 3. The lowest BCUT2D eigenvalue weighted by atomic mass is 9.95. The molecule has 256 valence electrons. The molecule has 12 nitrogen and oxygen atoms in total. The Balaban J connectivity index is 1.11. The van der Waals surface area contributed by atoms with Crippen LogP contribution in [0.5, 0.6) is 11.5 Å². The monoisotopic (exact) mass is 716 g/mol. The first-order chi connectivity index (χ1) is 24.2. The lowest BCUT2D eigenvalue weighted by Gasteiger charge is -2.38. The number of hydrogen-bond donors (Lipinski definition) is 2. The highest BCUT2D eigenvalue weighted by Gasteiger charge is 2.42. The molecule has 3 aliphatic rings. The number of esters is 1. The Kier molecular flexibility index (Phi) is 9.23. The van der Waals surface area contributed by atoms with E-state index in [1.54, 1.807) is 41.4 Å². The number of aliphatic imine (C=N–C) groups is 1. The van der Waals surface area contributed by atoms with Crippen molar-refractivity contribution in [3.8, 4) is 11.5 Å². The van der Waals surface area contributed by atoms with Crippen LogP contribution in [0.3, 0.4) is 0 Å². The number of urea groups is 1. The molecule has 2 N–H and O–H groups in total. The molecule has 1 aromatic heterocycles. The maximum Gasteiger partial charge on any atom is 0.338 e. The highest BCUT2D eigenvalue weighted by molar-refractivity contribution is 7.11. The minimum atomic E-state index is -1.02. The van der Waals surface area contributed by atoms with Gasteiger partial charge < -0.3 is 24.8 Å². The highest BCUT2D eigenvalue weighted by Crippen LogP contribution is 2.37. The molecule has 2 fully saturated rings. The summed E-state index contributed by atoms with van der Waals surface area (Å²) < 4.78 is 25.2. The molecule has 2 amide bonds. The van der Waals surface area contributed by atoms with Crippen LogP contribution in [0.1, 0.15) is 27.0 Å². The maximum atomic E-state index is 14.0. The van der Waals surface area contributed by atoms with E-state index in [9.17, 15) is 18.8 Å². The number of nitrogens with one attached hydrogen (secondary N) is 1. The number of halogens is 2. The molecule has 2 saturated heterocycles. The Bertz CT molecular complexity index is 2020. The van der Waals surface area contributed by atoms with Crippen LogP contribution < -0.4 is 15.0 Å². The molecule has 0 bridgehead atoms. The smallest absolute Gasteiger partial charge is 0.338 e. The summed E-state index contributed by atoms with van der Waals surface area (Å²) in [6, 6.07) is 16.1. The number of carboxylic acids is 1. The minimum Gasteiger partial charge on any atom is -0.478 e. The fourth-order valence-corrected chi connectivity index (χ4v) is 7.20. The predicted octanol–water partition coefficient (Wildman–Crippen LogP) is 5.57. The van der Waals surface area contributed by atoms with E-state index in [0.29, 0.717) is 72.0 Å². The topological polar surface area (TPSA) is 137 Å². The number of piperazine rings is 1. The van der Waals surface area contributed by atoms with E-state index in [1.807, 2.05) is 16.3 Å². The van der Waals surface area contributed by atoms with Gasteiger partial charge in [0.25, 0.3) is 0 Å². The highest BCUT2D eigenvalue weighted by atomic mass is 35.5. The number of nitrogens with zero attached hydrogens (tertiary/aromatic N) is 5. The summed E-state index contributed by atoms with van der Waals surface area (Å²) in [5, 5.41) is 15.0. The quantitative estimate of drug-likeness (QED) is 0.213. The van der Waals surface area contributed by atoms with Gasteiger partial charge in [-0.1, -0.05) is 23.7 Å². The SMILES string of the molecule is COC(=O)C1=C(CN2CCN3C(=O)N(c4cccc(Oc5ccc(C(=O)O)cc5)c4)C[C@@H]3C2)NC(c2nccs2)=NC1c1ccc(F)cc1Cl. The second-order valence-corrected chi connectivity index (χ2v) is 13.1. The maximum absolute atomic E-state index is 14.0.